The molecule has 0 fully saturated rings. The van der Waals surface area contributed by atoms with Gasteiger partial charge in [0.05, 0.1) is 7.11 Å². The first kappa shape index (κ1) is 17.8. The molecule has 1 N–H and O–H groups in total. The van der Waals surface area contributed by atoms with Gasteiger partial charge in [-0.3, -0.25) is 4.79 Å². The van der Waals surface area contributed by atoms with Crippen LogP contribution in [-0.4, -0.2) is 32.1 Å². The van der Waals surface area contributed by atoms with Gasteiger partial charge >= 0.3 is 5.97 Å². The molecular formula is C18H18ClNO4. The molecule has 0 unspecified atom stereocenters. The topological polar surface area (TPSA) is 64.6 Å². The average Bonchev–Trinajstić information content (AvgIpc) is 2.60. The quantitative estimate of drug-likeness (QED) is 0.782. The van der Waals surface area contributed by atoms with Crippen LogP contribution in [0.25, 0.3) is 0 Å². The largest absolute Gasteiger partial charge is 0.496 e. The van der Waals surface area contributed by atoms with E-state index < -0.39 is 5.97 Å². The molecule has 5 nitrogen and oxygen atoms in total. The number of esters is 1. The number of amides is 1. The number of carbonyl (C=O) groups is 2. The normalized spacial score (nSPS) is 10.1. The highest BCUT2D eigenvalue weighted by Gasteiger charge is 2.15. The number of carbonyl (C=O) groups excluding carboxylic acids is 2. The van der Waals surface area contributed by atoms with Crippen LogP contribution in [0.3, 0.4) is 0 Å². The summed E-state index contributed by atoms with van der Waals surface area (Å²) in [4.78, 5) is 23.8. The van der Waals surface area contributed by atoms with Gasteiger partial charge in [0.1, 0.15) is 11.3 Å². The summed E-state index contributed by atoms with van der Waals surface area (Å²) in [5, 5.41) is 3.09. The highest BCUT2D eigenvalue weighted by atomic mass is 35.5. The first-order chi connectivity index (χ1) is 11.6. The Morgan fingerprint density at radius 1 is 1.12 bits per heavy atom. The molecule has 0 aliphatic carbocycles. The minimum atomic E-state index is -0.660. The maximum atomic E-state index is 12.0. The Kier molecular flexibility index (Phi) is 6.63. The monoisotopic (exact) mass is 347 g/mol. The van der Waals surface area contributed by atoms with Crippen molar-refractivity contribution in [3.63, 3.8) is 0 Å². The number of methoxy groups -OCH3 is 1. The Bertz CT molecular complexity index is 703. The molecule has 2 rings (SSSR count). The first-order valence-corrected chi connectivity index (χ1v) is 7.79. The summed E-state index contributed by atoms with van der Waals surface area (Å²) in [6.07, 6.45) is 0.711. The molecule has 0 saturated carbocycles. The maximum Gasteiger partial charge on any atom is 0.342 e. The molecular weight excluding hydrogens is 330 g/mol. The Balaban J connectivity index is 1.79. The van der Waals surface area contributed by atoms with Crippen LogP contribution in [0.1, 0.15) is 15.9 Å². The van der Waals surface area contributed by atoms with Crippen LogP contribution < -0.4 is 10.1 Å². The second-order valence-corrected chi connectivity index (χ2v) is 5.44. The molecule has 1 amide bonds. The van der Waals surface area contributed by atoms with Crippen molar-refractivity contribution < 1.29 is 19.1 Å². The van der Waals surface area contributed by atoms with Gasteiger partial charge < -0.3 is 14.8 Å². The SMILES string of the molecule is COc1ccc(Cl)cc1C(=O)OCC(=O)NCCc1ccccc1. The van der Waals surface area contributed by atoms with Crippen LogP contribution in [0, 0.1) is 0 Å². The number of ether oxygens (including phenoxy) is 2. The van der Waals surface area contributed by atoms with E-state index in [-0.39, 0.29) is 18.1 Å². The van der Waals surface area contributed by atoms with Crippen LogP contribution in [-0.2, 0) is 16.0 Å². The van der Waals surface area contributed by atoms with Gasteiger partial charge in [-0.2, -0.15) is 0 Å². The second-order valence-electron chi connectivity index (χ2n) is 5.01. The lowest BCUT2D eigenvalue weighted by Gasteiger charge is -2.09. The second kappa shape index (κ2) is 8.93. The number of hydrogen-bond donors (Lipinski definition) is 1. The minimum absolute atomic E-state index is 0.182. The minimum Gasteiger partial charge on any atom is -0.496 e. The lowest BCUT2D eigenvalue weighted by Crippen LogP contribution is -2.30. The summed E-state index contributed by atoms with van der Waals surface area (Å²) >= 11 is 5.86. The van der Waals surface area contributed by atoms with Crippen LogP contribution >= 0.6 is 11.6 Å². The highest BCUT2D eigenvalue weighted by Crippen LogP contribution is 2.23. The van der Waals surface area contributed by atoms with E-state index in [4.69, 9.17) is 21.1 Å². The third kappa shape index (κ3) is 5.28. The van der Waals surface area contributed by atoms with Crippen molar-refractivity contribution in [2.45, 2.75) is 6.42 Å². The summed E-state index contributed by atoms with van der Waals surface area (Å²) in [5.74, 6) is -0.679. The zero-order valence-corrected chi connectivity index (χ0v) is 14.0. The van der Waals surface area contributed by atoms with Gasteiger partial charge in [-0.25, -0.2) is 4.79 Å². The van der Waals surface area contributed by atoms with Crippen LogP contribution in [0.4, 0.5) is 0 Å². The van der Waals surface area contributed by atoms with E-state index in [1.807, 2.05) is 30.3 Å². The Morgan fingerprint density at radius 2 is 1.88 bits per heavy atom. The van der Waals surface area contributed by atoms with Gasteiger partial charge in [0.2, 0.25) is 0 Å². The molecule has 2 aromatic rings. The molecule has 0 bridgehead atoms. The van der Waals surface area contributed by atoms with E-state index in [9.17, 15) is 9.59 Å². The van der Waals surface area contributed by atoms with Crippen LogP contribution in [0.5, 0.6) is 5.75 Å². The van der Waals surface area contributed by atoms with E-state index >= 15 is 0 Å². The highest BCUT2D eigenvalue weighted by molar-refractivity contribution is 6.31. The fourth-order valence-corrected chi connectivity index (χ4v) is 2.26. The molecule has 6 heteroatoms. The van der Waals surface area contributed by atoms with E-state index in [2.05, 4.69) is 5.32 Å². The lowest BCUT2D eigenvalue weighted by atomic mass is 10.1. The zero-order chi connectivity index (χ0) is 17.4. The summed E-state index contributed by atoms with van der Waals surface area (Å²) < 4.78 is 10.1. The summed E-state index contributed by atoms with van der Waals surface area (Å²) in [6.45, 7) is 0.115. The lowest BCUT2D eigenvalue weighted by molar-refractivity contribution is -0.124. The Morgan fingerprint density at radius 3 is 2.58 bits per heavy atom. The van der Waals surface area contributed by atoms with E-state index in [0.29, 0.717) is 23.7 Å². The maximum absolute atomic E-state index is 12.0. The standard InChI is InChI=1S/C18H18ClNO4/c1-23-16-8-7-14(19)11-15(16)18(22)24-12-17(21)20-10-9-13-5-3-2-4-6-13/h2-8,11H,9-10,12H2,1H3,(H,20,21). The van der Waals surface area contributed by atoms with Crippen LogP contribution in [0.15, 0.2) is 48.5 Å². The van der Waals surface area contributed by atoms with Gasteiger partial charge in [-0.15, -0.1) is 0 Å². The Hall–Kier alpha value is -2.53. The van der Waals surface area contributed by atoms with E-state index in [1.165, 1.54) is 13.2 Å². The third-order valence-electron chi connectivity index (χ3n) is 3.29. The molecule has 0 radical (unpaired) electrons. The summed E-state index contributed by atoms with van der Waals surface area (Å²) in [6, 6.07) is 14.4. The van der Waals surface area contributed by atoms with Gasteiger partial charge in [0.15, 0.2) is 6.61 Å². The molecule has 0 heterocycles. The van der Waals surface area contributed by atoms with Crippen molar-refractivity contribution in [1.82, 2.24) is 5.32 Å². The van der Waals surface area contributed by atoms with Gasteiger partial charge in [0.25, 0.3) is 5.91 Å². The number of halogens is 1. The molecule has 0 saturated heterocycles. The van der Waals surface area contributed by atoms with Crippen molar-refractivity contribution >= 4 is 23.5 Å². The van der Waals surface area contributed by atoms with E-state index in [0.717, 1.165) is 5.56 Å². The zero-order valence-electron chi connectivity index (χ0n) is 13.3. The van der Waals surface area contributed by atoms with Crippen molar-refractivity contribution in [3.8, 4) is 5.75 Å². The molecule has 24 heavy (non-hydrogen) atoms. The van der Waals surface area contributed by atoms with Crippen molar-refractivity contribution in [3.05, 3.63) is 64.7 Å². The number of nitrogens with one attached hydrogen (secondary N) is 1. The summed E-state index contributed by atoms with van der Waals surface area (Å²) in [5.41, 5.74) is 1.31. The molecule has 0 atom stereocenters. The fraction of sp³-hybridized carbons (Fsp3) is 0.222. The molecule has 0 aliphatic heterocycles. The first-order valence-electron chi connectivity index (χ1n) is 7.41. The number of hydrogen-bond acceptors (Lipinski definition) is 4. The molecule has 0 spiro atoms. The van der Waals surface area contributed by atoms with Crippen LogP contribution in [0.2, 0.25) is 5.02 Å². The fourth-order valence-electron chi connectivity index (χ4n) is 2.09. The smallest absolute Gasteiger partial charge is 0.342 e. The molecule has 0 aromatic heterocycles. The predicted molar refractivity (Wildman–Crippen MR) is 91.4 cm³/mol. The van der Waals surface area contributed by atoms with E-state index in [1.54, 1.807) is 12.1 Å². The van der Waals surface area contributed by atoms with Gasteiger partial charge in [0, 0.05) is 11.6 Å². The third-order valence-corrected chi connectivity index (χ3v) is 3.53. The van der Waals surface area contributed by atoms with Gasteiger partial charge in [-0.1, -0.05) is 41.9 Å². The number of rotatable bonds is 7. The Labute approximate surface area is 145 Å². The summed E-state index contributed by atoms with van der Waals surface area (Å²) in [7, 11) is 1.44. The van der Waals surface area contributed by atoms with Crippen molar-refractivity contribution in [2.75, 3.05) is 20.3 Å². The van der Waals surface area contributed by atoms with Crippen molar-refractivity contribution in [2.24, 2.45) is 0 Å². The number of benzene rings is 2. The van der Waals surface area contributed by atoms with Gasteiger partial charge in [-0.05, 0) is 30.2 Å². The molecule has 0 aliphatic rings. The molecule has 2 aromatic carbocycles. The van der Waals surface area contributed by atoms with Crippen molar-refractivity contribution in [1.29, 1.82) is 0 Å². The molecule has 126 valence electrons. The predicted octanol–water partition coefficient (Wildman–Crippen LogP) is 2.86. The average molecular weight is 348 g/mol.